The van der Waals surface area contributed by atoms with Crippen molar-refractivity contribution in [3.63, 3.8) is 0 Å². The van der Waals surface area contributed by atoms with Crippen LogP contribution >= 0.6 is 11.6 Å². The molecule has 0 spiro atoms. The molecule has 0 heterocycles. The van der Waals surface area contributed by atoms with Crippen LogP contribution < -0.4 is 10.6 Å². The Morgan fingerprint density at radius 1 is 1.15 bits per heavy atom. The van der Waals surface area contributed by atoms with Gasteiger partial charge in [-0.1, -0.05) is 29.8 Å². The lowest BCUT2D eigenvalue weighted by Gasteiger charge is -2.13. The van der Waals surface area contributed by atoms with E-state index in [1.54, 1.807) is 12.1 Å². The fraction of sp³-hybridized carbons (Fsp3) is 0.278. The highest BCUT2D eigenvalue weighted by atomic mass is 35.5. The van der Waals surface area contributed by atoms with Crippen LogP contribution in [0.4, 0.5) is 5.69 Å². The average molecular weight is 397 g/mol. The van der Waals surface area contributed by atoms with Crippen LogP contribution in [-0.4, -0.2) is 39.3 Å². The van der Waals surface area contributed by atoms with E-state index in [-0.39, 0.29) is 23.4 Å². The van der Waals surface area contributed by atoms with E-state index in [4.69, 9.17) is 11.6 Å². The molecule has 2 rings (SSSR count). The van der Waals surface area contributed by atoms with Crippen LogP contribution in [0.25, 0.3) is 0 Å². The van der Waals surface area contributed by atoms with Gasteiger partial charge in [-0.3, -0.25) is 4.79 Å². The van der Waals surface area contributed by atoms with Crippen LogP contribution in [0, 0.1) is 0 Å². The van der Waals surface area contributed by atoms with Gasteiger partial charge in [-0.2, -0.15) is 0 Å². The number of hydrogen-bond donors (Lipinski definition) is 2. The van der Waals surface area contributed by atoms with Crippen molar-refractivity contribution in [2.24, 2.45) is 0 Å². The van der Waals surface area contributed by atoms with Crippen molar-refractivity contribution in [2.45, 2.75) is 17.9 Å². The molecule has 8 heteroatoms. The number of benzene rings is 2. The maximum Gasteiger partial charge on any atom is 0.279 e. The van der Waals surface area contributed by atoms with Gasteiger partial charge in [-0.15, -0.1) is 0 Å². The van der Waals surface area contributed by atoms with Gasteiger partial charge in [-0.05, 0) is 37.3 Å². The number of carbonyl (C=O) groups excluding carboxylic acids is 1. The predicted octanol–water partition coefficient (Wildman–Crippen LogP) is 1.85. The number of halogens is 1. The summed E-state index contributed by atoms with van der Waals surface area (Å²) in [6.45, 7) is 2.21. The standard InChI is InChI=1S/C18H22ClN3O3S/c1-13(16-6-4-5-7-17(16)19)20-12-18(23)21-14-8-10-15(11-9-14)26(24,25)22(2)3/h4-11,13,20H,12H2,1-3H3,(H,21,23)/p+1/t13-/m0/s1. The Kier molecular flexibility index (Phi) is 6.77. The lowest BCUT2D eigenvalue weighted by Crippen LogP contribution is -2.86. The van der Waals surface area contributed by atoms with Crippen molar-refractivity contribution in [1.82, 2.24) is 4.31 Å². The molecule has 1 atom stereocenters. The van der Waals surface area contributed by atoms with E-state index >= 15 is 0 Å². The second kappa shape index (κ2) is 8.64. The highest BCUT2D eigenvalue weighted by Crippen LogP contribution is 2.19. The Balaban J connectivity index is 1.93. The molecule has 0 aromatic heterocycles. The first-order valence-corrected chi connectivity index (χ1v) is 9.94. The zero-order chi connectivity index (χ0) is 19.3. The summed E-state index contributed by atoms with van der Waals surface area (Å²) in [5.41, 5.74) is 1.52. The molecule has 2 aromatic rings. The van der Waals surface area contributed by atoms with Crippen LogP contribution in [-0.2, 0) is 14.8 Å². The summed E-state index contributed by atoms with van der Waals surface area (Å²) in [5, 5.41) is 5.33. The molecule has 0 aliphatic carbocycles. The summed E-state index contributed by atoms with van der Waals surface area (Å²) in [6, 6.07) is 13.7. The molecule has 0 radical (unpaired) electrons. The third-order valence-corrected chi connectivity index (χ3v) is 6.14. The topological polar surface area (TPSA) is 83.1 Å². The zero-order valence-electron chi connectivity index (χ0n) is 14.9. The van der Waals surface area contributed by atoms with E-state index in [2.05, 4.69) is 5.32 Å². The van der Waals surface area contributed by atoms with Crippen molar-refractivity contribution >= 4 is 33.2 Å². The van der Waals surface area contributed by atoms with Crippen LogP contribution in [0.5, 0.6) is 0 Å². The lowest BCUT2D eigenvalue weighted by atomic mass is 10.1. The van der Waals surface area contributed by atoms with Gasteiger partial charge in [0.15, 0.2) is 6.54 Å². The minimum Gasteiger partial charge on any atom is -0.332 e. The smallest absolute Gasteiger partial charge is 0.279 e. The summed E-state index contributed by atoms with van der Waals surface area (Å²) in [6.07, 6.45) is 0. The van der Waals surface area contributed by atoms with Gasteiger partial charge in [0.25, 0.3) is 5.91 Å². The van der Waals surface area contributed by atoms with Gasteiger partial charge in [0.1, 0.15) is 6.04 Å². The molecular weight excluding hydrogens is 374 g/mol. The van der Waals surface area contributed by atoms with E-state index in [1.165, 1.54) is 26.2 Å². The molecule has 26 heavy (non-hydrogen) atoms. The normalized spacial score (nSPS) is 12.8. The van der Waals surface area contributed by atoms with Crippen molar-refractivity contribution in [3.8, 4) is 0 Å². The fourth-order valence-corrected chi connectivity index (χ4v) is 3.60. The first-order valence-electron chi connectivity index (χ1n) is 8.12. The minimum atomic E-state index is -3.48. The number of quaternary nitrogens is 1. The lowest BCUT2D eigenvalue weighted by molar-refractivity contribution is -0.682. The van der Waals surface area contributed by atoms with Gasteiger partial charge in [0.05, 0.1) is 4.90 Å². The Bertz CT molecular complexity index is 868. The van der Waals surface area contributed by atoms with Gasteiger partial charge in [0.2, 0.25) is 10.0 Å². The second-order valence-corrected chi connectivity index (χ2v) is 8.67. The highest BCUT2D eigenvalue weighted by Gasteiger charge is 2.17. The molecule has 0 bridgehead atoms. The Labute approximate surface area is 159 Å². The first kappa shape index (κ1) is 20.4. The van der Waals surface area contributed by atoms with E-state index in [9.17, 15) is 13.2 Å². The zero-order valence-corrected chi connectivity index (χ0v) is 16.5. The Morgan fingerprint density at radius 2 is 1.77 bits per heavy atom. The SMILES string of the molecule is C[C@H]([NH2+]CC(=O)Nc1ccc(S(=O)(=O)N(C)C)cc1)c1ccccc1Cl. The van der Waals surface area contributed by atoms with Crippen LogP contribution in [0.15, 0.2) is 53.4 Å². The maximum atomic E-state index is 12.1. The van der Waals surface area contributed by atoms with Crippen molar-refractivity contribution in [2.75, 3.05) is 26.0 Å². The van der Waals surface area contributed by atoms with Gasteiger partial charge in [0, 0.05) is 30.4 Å². The number of sulfonamides is 1. The van der Waals surface area contributed by atoms with E-state index in [1.807, 2.05) is 36.5 Å². The minimum absolute atomic E-state index is 0.0436. The molecular formula is C18H23ClN3O3S+. The molecule has 6 nitrogen and oxygen atoms in total. The summed E-state index contributed by atoms with van der Waals surface area (Å²) >= 11 is 6.16. The molecule has 0 aliphatic heterocycles. The quantitative estimate of drug-likeness (QED) is 0.749. The fourth-order valence-electron chi connectivity index (χ4n) is 2.39. The molecule has 0 fully saturated rings. The van der Waals surface area contributed by atoms with E-state index in [0.717, 1.165) is 9.87 Å². The van der Waals surface area contributed by atoms with Crippen molar-refractivity contribution in [3.05, 3.63) is 59.1 Å². The summed E-state index contributed by atoms with van der Waals surface area (Å²) < 4.78 is 25.2. The molecule has 2 aromatic carbocycles. The number of nitrogens with zero attached hydrogens (tertiary/aromatic N) is 1. The Morgan fingerprint density at radius 3 is 2.35 bits per heavy atom. The van der Waals surface area contributed by atoms with Crippen molar-refractivity contribution in [1.29, 1.82) is 0 Å². The molecule has 3 N–H and O–H groups in total. The number of amides is 1. The summed E-state index contributed by atoms with van der Waals surface area (Å²) in [7, 11) is -0.530. The number of nitrogens with two attached hydrogens (primary N) is 1. The van der Waals surface area contributed by atoms with Crippen LogP contribution in [0.2, 0.25) is 5.02 Å². The van der Waals surface area contributed by atoms with Gasteiger partial charge in [-0.25, -0.2) is 12.7 Å². The average Bonchev–Trinajstić information content (AvgIpc) is 2.60. The number of anilines is 1. The number of hydrogen-bond acceptors (Lipinski definition) is 3. The summed E-state index contributed by atoms with van der Waals surface area (Å²) in [4.78, 5) is 12.3. The van der Waals surface area contributed by atoms with Crippen LogP contribution in [0.1, 0.15) is 18.5 Å². The molecule has 1 amide bonds. The van der Waals surface area contributed by atoms with Gasteiger partial charge >= 0.3 is 0 Å². The molecule has 0 saturated heterocycles. The highest BCUT2D eigenvalue weighted by molar-refractivity contribution is 7.89. The largest absolute Gasteiger partial charge is 0.332 e. The van der Waals surface area contributed by atoms with E-state index in [0.29, 0.717) is 10.7 Å². The molecule has 140 valence electrons. The molecule has 0 saturated carbocycles. The monoisotopic (exact) mass is 396 g/mol. The summed E-state index contributed by atoms with van der Waals surface area (Å²) in [5.74, 6) is -0.174. The Hall–Kier alpha value is -1.93. The van der Waals surface area contributed by atoms with Crippen molar-refractivity contribution < 1.29 is 18.5 Å². The number of rotatable bonds is 7. The van der Waals surface area contributed by atoms with E-state index < -0.39 is 10.0 Å². The van der Waals surface area contributed by atoms with Gasteiger partial charge < -0.3 is 10.6 Å². The molecule has 0 aliphatic rings. The second-order valence-electron chi connectivity index (χ2n) is 6.11. The third-order valence-electron chi connectivity index (χ3n) is 3.97. The van der Waals surface area contributed by atoms with Crippen LogP contribution in [0.3, 0.4) is 0 Å². The number of carbonyl (C=O) groups is 1. The molecule has 0 unspecified atom stereocenters. The maximum absolute atomic E-state index is 12.1. The first-order chi connectivity index (χ1) is 12.2. The third kappa shape index (κ3) is 5.04. The predicted molar refractivity (Wildman–Crippen MR) is 103 cm³/mol. The number of nitrogens with one attached hydrogen (secondary N) is 1.